The number of hydrogen-bond acceptors (Lipinski definition) is 4. The van der Waals surface area contributed by atoms with Gasteiger partial charge in [-0.1, -0.05) is 12.8 Å². The van der Waals surface area contributed by atoms with Crippen LogP contribution in [0.15, 0.2) is 0 Å². The molecule has 0 bridgehead atoms. The van der Waals surface area contributed by atoms with Crippen molar-refractivity contribution in [3.8, 4) is 0 Å². The molecule has 0 aliphatic carbocycles. The average molecular weight is 310 g/mol. The molecule has 0 unspecified atom stereocenters. The van der Waals surface area contributed by atoms with E-state index in [1.54, 1.807) is 0 Å². The zero-order chi connectivity index (χ0) is 15.6. The Hall–Kier alpha value is -1.14. The summed E-state index contributed by atoms with van der Waals surface area (Å²) >= 11 is 0. The predicted molar refractivity (Wildman–Crippen MR) is 86.5 cm³/mol. The summed E-state index contributed by atoms with van der Waals surface area (Å²) in [7, 11) is 0. The lowest BCUT2D eigenvalue weighted by atomic mass is 10.1. The number of carbonyl (C=O) groups excluding carboxylic acids is 2. The molecule has 2 amide bonds. The Balaban J connectivity index is 1.38. The second-order valence-corrected chi connectivity index (χ2v) is 6.29. The van der Waals surface area contributed by atoms with Crippen LogP contribution in [-0.4, -0.2) is 50.1 Å². The maximum Gasteiger partial charge on any atom is 0.237 e. The van der Waals surface area contributed by atoms with Crippen LogP contribution in [0, 0.1) is 0 Å². The number of amides is 2. The maximum atomic E-state index is 11.8. The van der Waals surface area contributed by atoms with Crippen LogP contribution >= 0.6 is 0 Å². The van der Waals surface area contributed by atoms with Crippen molar-refractivity contribution in [2.45, 2.75) is 63.5 Å². The van der Waals surface area contributed by atoms with Gasteiger partial charge in [-0.3, -0.25) is 9.59 Å². The smallest absolute Gasteiger partial charge is 0.237 e. The minimum Gasteiger partial charge on any atom is -0.355 e. The molecule has 0 radical (unpaired) electrons. The van der Waals surface area contributed by atoms with E-state index in [9.17, 15) is 9.59 Å². The fraction of sp³-hybridized carbons (Fsp3) is 0.875. The third kappa shape index (κ3) is 5.93. The summed E-state index contributed by atoms with van der Waals surface area (Å²) in [5.41, 5.74) is 0. The highest BCUT2D eigenvalue weighted by atomic mass is 16.2. The Morgan fingerprint density at radius 3 is 1.59 bits per heavy atom. The van der Waals surface area contributed by atoms with Gasteiger partial charge in [-0.25, -0.2) is 0 Å². The van der Waals surface area contributed by atoms with Crippen LogP contribution < -0.4 is 21.3 Å². The normalized spacial score (nSPS) is 24.4. The van der Waals surface area contributed by atoms with E-state index in [-0.39, 0.29) is 23.9 Å². The van der Waals surface area contributed by atoms with Gasteiger partial charge in [-0.05, 0) is 51.6 Å². The van der Waals surface area contributed by atoms with Crippen molar-refractivity contribution in [1.29, 1.82) is 0 Å². The number of hydrogen-bond donors (Lipinski definition) is 4. The lowest BCUT2D eigenvalue weighted by molar-refractivity contribution is -0.123. The minimum atomic E-state index is 0.0272. The van der Waals surface area contributed by atoms with Crippen LogP contribution in [0.4, 0.5) is 0 Å². The van der Waals surface area contributed by atoms with E-state index in [1.807, 2.05) is 0 Å². The van der Waals surface area contributed by atoms with Gasteiger partial charge in [-0.15, -0.1) is 0 Å². The van der Waals surface area contributed by atoms with E-state index >= 15 is 0 Å². The van der Waals surface area contributed by atoms with Gasteiger partial charge in [0.05, 0.1) is 12.1 Å². The second-order valence-electron chi connectivity index (χ2n) is 6.29. The van der Waals surface area contributed by atoms with Gasteiger partial charge in [0.2, 0.25) is 11.8 Å². The molecule has 0 spiro atoms. The molecule has 22 heavy (non-hydrogen) atoms. The predicted octanol–water partition coefficient (Wildman–Crippen LogP) is 0.283. The maximum absolute atomic E-state index is 11.8. The molecule has 0 saturated carbocycles. The zero-order valence-corrected chi connectivity index (χ0v) is 13.5. The first-order valence-corrected chi connectivity index (χ1v) is 8.79. The van der Waals surface area contributed by atoms with Crippen molar-refractivity contribution in [3.05, 3.63) is 0 Å². The first-order valence-electron chi connectivity index (χ1n) is 8.79. The highest BCUT2D eigenvalue weighted by Gasteiger charge is 2.21. The molecule has 2 heterocycles. The Kier molecular flexibility index (Phi) is 7.66. The van der Waals surface area contributed by atoms with Crippen molar-refractivity contribution in [2.75, 3.05) is 26.2 Å². The number of rotatable bonds is 9. The van der Waals surface area contributed by atoms with Gasteiger partial charge in [-0.2, -0.15) is 0 Å². The Morgan fingerprint density at radius 1 is 0.773 bits per heavy atom. The van der Waals surface area contributed by atoms with E-state index in [0.717, 1.165) is 77.5 Å². The van der Waals surface area contributed by atoms with Crippen LogP contribution in [0.3, 0.4) is 0 Å². The summed E-state index contributed by atoms with van der Waals surface area (Å²) in [6, 6.07) is 0.0545. The summed E-state index contributed by atoms with van der Waals surface area (Å²) in [6.45, 7) is 3.44. The standard InChI is InChI=1S/C16H30N4O2/c21-15(13-7-5-11-17-13)19-9-3-1-2-4-10-20-16(22)14-8-6-12-18-14/h13-14,17-18H,1-12H2,(H,19,21)(H,20,22)/t13-,14+. The van der Waals surface area contributed by atoms with Crippen molar-refractivity contribution in [2.24, 2.45) is 0 Å². The molecule has 126 valence electrons. The SMILES string of the molecule is O=C(NCCCCCCNC(=O)[C@H]1CCCN1)[C@@H]1CCCN1. The average Bonchev–Trinajstić information content (AvgIpc) is 3.22. The molecule has 2 aliphatic rings. The van der Waals surface area contributed by atoms with Crippen LogP contribution in [0.5, 0.6) is 0 Å². The van der Waals surface area contributed by atoms with E-state index < -0.39 is 0 Å². The Bertz CT molecular complexity index is 316. The number of nitrogens with one attached hydrogen (secondary N) is 4. The molecule has 2 atom stereocenters. The van der Waals surface area contributed by atoms with E-state index in [0.29, 0.717) is 0 Å². The Morgan fingerprint density at radius 2 is 1.23 bits per heavy atom. The molecule has 0 aromatic carbocycles. The molecule has 2 saturated heterocycles. The summed E-state index contributed by atoms with van der Waals surface area (Å²) in [4.78, 5) is 23.5. The van der Waals surface area contributed by atoms with Crippen molar-refractivity contribution in [1.82, 2.24) is 21.3 Å². The summed E-state index contributed by atoms with van der Waals surface area (Å²) in [5.74, 6) is 0.294. The summed E-state index contributed by atoms with van der Waals surface area (Å²) < 4.78 is 0. The van der Waals surface area contributed by atoms with Crippen molar-refractivity contribution in [3.63, 3.8) is 0 Å². The molecule has 4 N–H and O–H groups in total. The second kappa shape index (κ2) is 9.79. The third-order valence-electron chi connectivity index (χ3n) is 4.46. The van der Waals surface area contributed by atoms with Crippen molar-refractivity contribution >= 4 is 11.8 Å². The quantitative estimate of drug-likeness (QED) is 0.461. The summed E-state index contributed by atoms with van der Waals surface area (Å²) in [5, 5.41) is 12.4. The third-order valence-corrected chi connectivity index (χ3v) is 4.46. The lowest BCUT2D eigenvalue weighted by Gasteiger charge is -2.11. The molecule has 2 rings (SSSR count). The molecule has 2 aliphatic heterocycles. The fourth-order valence-electron chi connectivity index (χ4n) is 3.09. The molecule has 2 fully saturated rings. The minimum absolute atomic E-state index is 0.0272. The highest BCUT2D eigenvalue weighted by molar-refractivity contribution is 5.82. The molecular formula is C16H30N4O2. The first kappa shape index (κ1) is 17.2. The van der Waals surface area contributed by atoms with Gasteiger partial charge >= 0.3 is 0 Å². The van der Waals surface area contributed by atoms with E-state index in [2.05, 4.69) is 21.3 Å². The molecule has 6 nitrogen and oxygen atoms in total. The van der Waals surface area contributed by atoms with Crippen LogP contribution in [-0.2, 0) is 9.59 Å². The summed E-state index contributed by atoms with van der Waals surface area (Å²) in [6.07, 6.45) is 8.32. The van der Waals surface area contributed by atoms with Crippen LogP contribution in [0.1, 0.15) is 51.4 Å². The number of carbonyl (C=O) groups is 2. The van der Waals surface area contributed by atoms with E-state index in [1.165, 1.54) is 0 Å². The molecule has 6 heteroatoms. The van der Waals surface area contributed by atoms with Crippen LogP contribution in [0.2, 0.25) is 0 Å². The van der Waals surface area contributed by atoms with Crippen LogP contribution in [0.25, 0.3) is 0 Å². The van der Waals surface area contributed by atoms with Gasteiger partial charge in [0.15, 0.2) is 0 Å². The largest absolute Gasteiger partial charge is 0.355 e. The van der Waals surface area contributed by atoms with Gasteiger partial charge < -0.3 is 21.3 Å². The van der Waals surface area contributed by atoms with Gasteiger partial charge in [0.25, 0.3) is 0 Å². The fourth-order valence-corrected chi connectivity index (χ4v) is 3.09. The first-order chi connectivity index (χ1) is 10.8. The van der Waals surface area contributed by atoms with Gasteiger partial charge in [0, 0.05) is 13.1 Å². The molecule has 0 aromatic rings. The Labute approximate surface area is 133 Å². The zero-order valence-electron chi connectivity index (χ0n) is 13.5. The monoisotopic (exact) mass is 310 g/mol. The van der Waals surface area contributed by atoms with Crippen molar-refractivity contribution < 1.29 is 9.59 Å². The highest BCUT2D eigenvalue weighted by Crippen LogP contribution is 2.06. The van der Waals surface area contributed by atoms with Gasteiger partial charge in [0.1, 0.15) is 0 Å². The molecular weight excluding hydrogens is 280 g/mol. The topological polar surface area (TPSA) is 82.3 Å². The molecule has 0 aromatic heterocycles. The number of unbranched alkanes of at least 4 members (excludes halogenated alkanes) is 3. The van der Waals surface area contributed by atoms with E-state index in [4.69, 9.17) is 0 Å². The lowest BCUT2D eigenvalue weighted by Crippen LogP contribution is -2.40.